The molecule has 1 aliphatic rings. The molecule has 0 atom stereocenters. The van der Waals surface area contributed by atoms with Crippen LogP contribution in [0.25, 0.3) is 17.1 Å². The van der Waals surface area contributed by atoms with Gasteiger partial charge in [0.25, 0.3) is 0 Å². The van der Waals surface area contributed by atoms with Crippen LogP contribution in [0.2, 0.25) is 0 Å². The van der Waals surface area contributed by atoms with Gasteiger partial charge in [0.05, 0.1) is 17.9 Å². The summed E-state index contributed by atoms with van der Waals surface area (Å²) in [6.07, 6.45) is -2.93. The average Bonchev–Trinajstić information content (AvgIpc) is 2.84. The zero-order chi connectivity index (χ0) is 26.7. The Balaban J connectivity index is 1.71. The molecule has 196 valence electrons. The lowest BCUT2D eigenvalue weighted by Crippen LogP contribution is -2.44. The first-order valence-corrected chi connectivity index (χ1v) is 12.2. The maximum absolute atomic E-state index is 13.3. The minimum Gasteiger partial charge on any atom is -0.480 e. The van der Waals surface area contributed by atoms with Crippen LogP contribution in [0.3, 0.4) is 0 Å². The van der Waals surface area contributed by atoms with E-state index in [1.807, 2.05) is 43.9 Å². The minimum atomic E-state index is -4.48. The standard InChI is InChI=1S/C27H30F3N5O2/c1-5-37-19(4)31-21-12-14-34(15-13-21)25-32-24(23-11-6-17(2)16-18(23)3)35(26(36)33-25)22-9-7-20(8-10-22)27(28,29)30/h6-11,16,21,31H,4-5,12-15H2,1-3H3. The predicted octanol–water partition coefficient (Wildman–Crippen LogP) is 5.00. The second kappa shape index (κ2) is 10.7. The molecule has 0 amide bonds. The minimum absolute atomic E-state index is 0.182. The Morgan fingerprint density at radius 2 is 1.78 bits per heavy atom. The Hall–Kier alpha value is -3.82. The van der Waals surface area contributed by atoms with Crippen molar-refractivity contribution in [3.8, 4) is 17.1 Å². The molecule has 0 unspecified atom stereocenters. The predicted molar refractivity (Wildman–Crippen MR) is 137 cm³/mol. The first kappa shape index (κ1) is 26.2. The zero-order valence-corrected chi connectivity index (χ0v) is 21.1. The molecule has 2 aromatic carbocycles. The summed E-state index contributed by atoms with van der Waals surface area (Å²) in [6, 6.07) is 10.4. The fourth-order valence-electron chi connectivity index (χ4n) is 4.48. The molecular weight excluding hydrogens is 483 g/mol. The van der Waals surface area contributed by atoms with E-state index in [2.05, 4.69) is 16.9 Å². The molecule has 4 rings (SSSR count). The van der Waals surface area contributed by atoms with E-state index in [0.717, 1.165) is 36.1 Å². The van der Waals surface area contributed by atoms with Gasteiger partial charge in [-0.05, 0) is 70.0 Å². The van der Waals surface area contributed by atoms with Crippen molar-refractivity contribution in [2.24, 2.45) is 0 Å². The van der Waals surface area contributed by atoms with Crippen molar-refractivity contribution in [1.82, 2.24) is 19.9 Å². The summed E-state index contributed by atoms with van der Waals surface area (Å²) in [7, 11) is 0. The third kappa shape index (κ3) is 5.95. The normalized spacial score (nSPS) is 14.5. The number of halogens is 3. The van der Waals surface area contributed by atoms with Crippen LogP contribution in [0, 0.1) is 13.8 Å². The van der Waals surface area contributed by atoms with E-state index >= 15 is 0 Å². The Kier molecular flexibility index (Phi) is 7.56. The topological polar surface area (TPSA) is 72.3 Å². The summed E-state index contributed by atoms with van der Waals surface area (Å²) in [6.45, 7) is 11.4. The summed E-state index contributed by atoms with van der Waals surface area (Å²) in [4.78, 5) is 24.3. The van der Waals surface area contributed by atoms with E-state index in [4.69, 9.17) is 9.72 Å². The first-order chi connectivity index (χ1) is 17.6. The number of piperidine rings is 1. The van der Waals surface area contributed by atoms with E-state index in [1.54, 1.807) is 0 Å². The number of hydrogen-bond donors (Lipinski definition) is 1. The number of rotatable bonds is 7. The smallest absolute Gasteiger partial charge is 0.416 e. The van der Waals surface area contributed by atoms with Crippen molar-refractivity contribution in [3.05, 3.63) is 82.1 Å². The molecule has 1 fully saturated rings. The summed E-state index contributed by atoms with van der Waals surface area (Å²) in [5, 5.41) is 3.27. The van der Waals surface area contributed by atoms with Crippen molar-refractivity contribution in [3.63, 3.8) is 0 Å². The lowest BCUT2D eigenvalue weighted by Gasteiger charge is -2.33. The highest BCUT2D eigenvalue weighted by molar-refractivity contribution is 5.64. The van der Waals surface area contributed by atoms with E-state index < -0.39 is 17.4 Å². The molecule has 37 heavy (non-hydrogen) atoms. The monoisotopic (exact) mass is 513 g/mol. The van der Waals surface area contributed by atoms with Crippen molar-refractivity contribution >= 4 is 5.95 Å². The molecule has 0 radical (unpaired) electrons. The van der Waals surface area contributed by atoms with E-state index in [1.165, 1.54) is 16.7 Å². The van der Waals surface area contributed by atoms with Crippen LogP contribution >= 0.6 is 0 Å². The SMILES string of the molecule is C=C(NC1CCN(c2nc(-c3ccc(C)cc3C)n(-c3ccc(C(F)(F)F)cc3)c(=O)n2)CC1)OCC. The lowest BCUT2D eigenvalue weighted by atomic mass is 10.0. The highest BCUT2D eigenvalue weighted by Gasteiger charge is 2.30. The summed E-state index contributed by atoms with van der Waals surface area (Å²) in [5.74, 6) is 1.16. The second-order valence-electron chi connectivity index (χ2n) is 9.09. The number of nitrogens with zero attached hydrogens (tertiary/aromatic N) is 4. The highest BCUT2D eigenvalue weighted by atomic mass is 19.4. The second-order valence-corrected chi connectivity index (χ2v) is 9.09. The van der Waals surface area contributed by atoms with Gasteiger partial charge in [-0.25, -0.2) is 9.36 Å². The van der Waals surface area contributed by atoms with Gasteiger partial charge in [-0.15, -0.1) is 0 Å². The third-order valence-electron chi connectivity index (χ3n) is 6.34. The Morgan fingerprint density at radius 1 is 1.11 bits per heavy atom. The van der Waals surface area contributed by atoms with Crippen molar-refractivity contribution in [2.75, 3.05) is 24.6 Å². The number of aryl methyl sites for hydroxylation is 2. The number of ether oxygens (including phenoxy) is 1. The van der Waals surface area contributed by atoms with Crippen LogP contribution in [0.1, 0.15) is 36.5 Å². The summed E-state index contributed by atoms with van der Waals surface area (Å²) in [5.41, 5.74) is 1.50. The van der Waals surface area contributed by atoms with Gasteiger partial charge in [0.1, 0.15) is 0 Å². The van der Waals surface area contributed by atoms with Gasteiger partial charge >= 0.3 is 11.9 Å². The van der Waals surface area contributed by atoms with Gasteiger partial charge < -0.3 is 15.0 Å². The molecule has 3 aromatic rings. The fraction of sp³-hybridized carbons (Fsp3) is 0.370. The number of anilines is 1. The van der Waals surface area contributed by atoms with Crippen molar-refractivity contribution in [1.29, 1.82) is 0 Å². The van der Waals surface area contributed by atoms with Crippen LogP contribution in [-0.2, 0) is 10.9 Å². The molecule has 1 aromatic heterocycles. The van der Waals surface area contributed by atoms with Crippen LogP contribution in [0.5, 0.6) is 0 Å². The lowest BCUT2D eigenvalue weighted by molar-refractivity contribution is -0.137. The van der Waals surface area contributed by atoms with Crippen LogP contribution in [-0.4, -0.2) is 40.3 Å². The molecule has 1 aliphatic heterocycles. The van der Waals surface area contributed by atoms with Crippen LogP contribution < -0.4 is 15.9 Å². The molecule has 1 saturated heterocycles. The van der Waals surface area contributed by atoms with E-state index in [-0.39, 0.29) is 11.7 Å². The fourth-order valence-corrected chi connectivity index (χ4v) is 4.48. The number of nitrogens with one attached hydrogen (secondary N) is 1. The molecule has 1 N–H and O–H groups in total. The highest BCUT2D eigenvalue weighted by Crippen LogP contribution is 2.31. The average molecular weight is 514 g/mol. The van der Waals surface area contributed by atoms with Crippen LogP contribution in [0.4, 0.5) is 19.1 Å². The van der Waals surface area contributed by atoms with Gasteiger partial charge in [-0.1, -0.05) is 23.8 Å². The first-order valence-electron chi connectivity index (χ1n) is 12.2. The maximum atomic E-state index is 13.3. The van der Waals surface area contributed by atoms with Crippen LogP contribution in [0.15, 0.2) is 59.7 Å². The zero-order valence-electron chi connectivity index (χ0n) is 21.1. The number of aromatic nitrogens is 3. The number of hydrogen-bond acceptors (Lipinski definition) is 6. The Bertz CT molecular complexity index is 1330. The number of benzene rings is 2. The molecule has 0 spiro atoms. The molecule has 10 heteroatoms. The van der Waals surface area contributed by atoms with Gasteiger partial charge in [0, 0.05) is 24.7 Å². The molecule has 0 aliphatic carbocycles. The van der Waals surface area contributed by atoms with E-state index in [0.29, 0.717) is 42.9 Å². The summed E-state index contributed by atoms with van der Waals surface area (Å²) < 4.78 is 46.0. The summed E-state index contributed by atoms with van der Waals surface area (Å²) >= 11 is 0. The van der Waals surface area contributed by atoms with E-state index in [9.17, 15) is 18.0 Å². The molecule has 0 bridgehead atoms. The molecule has 0 saturated carbocycles. The van der Waals surface area contributed by atoms with Gasteiger partial charge in [0.15, 0.2) is 11.7 Å². The molecular formula is C27H30F3N5O2. The van der Waals surface area contributed by atoms with Crippen molar-refractivity contribution < 1.29 is 17.9 Å². The van der Waals surface area contributed by atoms with Gasteiger partial charge in [-0.2, -0.15) is 23.1 Å². The molecule has 7 nitrogen and oxygen atoms in total. The van der Waals surface area contributed by atoms with Gasteiger partial charge in [0.2, 0.25) is 5.95 Å². The molecule has 2 heterocycles. The quantitative estimate of drug-likeness (QED) is 0.449. The van der Waals surface area contributed by atoms with Crippen molar-refractivity contribution in [2.45, 2.75) is 45.8 Å². The Labute approximate surface area is 213 Å². The van der Waals surface area contributed by atoms with Gasteiger partial charge in [-0.3, -0.25) is 0 Å². The third-order valence-corrected chi connectivity index (χ3v) is 6.34. The largest absolute Gasteiger partial charge is 0.480 e. The maximum Gasteiger partial charge on any atom is 0.416 e. The number of alkyl halides is 3. The Morgan fingerprint density at radius 3 is 2.38 bits per heavy atom.